The first-order valence-corrected chi connectivity index (χ1v) is 9.73. The standard InChI is InChI=1S/C21H28N2O4/c1-14(2)17-10-9-15(3)11-18(17)27-20(25)13-23-19(24)12-22(21(23)26)16-7-5-4-6-8-16/h4-8,14-15,17-18H,9-13H2,1-3H3. The predicted molar refractivity (Wildman–Crippen MR) is 102 cm³/mol. The van der Waals surface area contributed by atoms with E-state index in [0.29, 0.717) is 23.4 Å². The average molecular weight is 372 g/mol. The fourth-order valence-electron chi connectivity index (χ4n) is 4.09. The van der Waals surface area contributed by atoms with Crippen molar-refractivity contribution in [3.63, 3.8) is 0 Å². The number of rotatable bonds is 5. The normalized spacial score (nSPS) is 26.0. The lowest BCUT2D eigenvalue weighted by atomic mass is 9.75. The lowest BCUT2D eigenvalue weighted by Gasteiger charge is -2.36. The summed E-state index contributed by atoms with van der Waals surface area (Å²) in [5, 5.41) is 0. The van der Waals surface area contributed by atoms with E-state index in [1.807, 2.05) is 6.07 Å². The van der Waals surface area contributed by atoms with Crippen LogP contribution in [0.2, 0.25) is 0 Å². The van der Waals surface area contributed by atoms with Gasteiger partial charge in [-0.1, -0.05) is 45.4 Å². The molecule has 1 saturated carbocycles. The molecule has 2 fully saturated rings. The molecule has 1 aromatic carbocycles. The van der Waals surface area contributed by atoms with Gasteiger partial charge in [0.05, 0.1) is 0 Å². The molecule has 0 spiro atoms. The van der Waals surface area contributed by atoms with Crippen molar-refractivity contribution < 1.29 is 19.1 Å². The molecule has 1 heterocycles. The number of esters is 1. The van der Waals surface area contributed by atoms with Crippen molar-refractivity contribution in [2.75, 3.05) is 18.0 Å². The van der Waals surface area contributed by atoms with Gasteiger partial charge in [-0.25, -0.2) is 4.79 Å². The molecule has 0 aromatic heterocycles. The van der Waals surface area contributed by atoms with Crippen LogP contribution in [0.4, 0.5) is 10.5 Å². The summed E-state index contributed by atoms with van der Waals surface area (Å²) >= 11 is 0. The van der Waals surface area contributed by atoms with Crippen LogP contribution in [0, 0.1) is 17.8 Å². The van der Waals surface area contributed by atoms with Crippen molar-refractivity contribution in [2.45, 2.75) is 46.1 Å². The smallest absolute Gasteiger partial charge is 0.332 e. The van der Waals surface area contributed by atoms with E-state index in [9.17, 15) is 14.4 Å². The second-order valence-corrected chi connectivity index (χ2v) is 8.04. The van der Waals surface area contributed by atoms with Gasteiger partial charge in [0.2, 0.25) is 0 Å². The highest BCUT2D eigenvalue weighted by molar-refractivity contribution is 6.13. The second-order valence-electron chi connectivity index (χ2n) is 8.04. The average Bonchev–Trinajstić information content (AvgIpc) is 2.90. The molecule has 0 bridgehead atoms. The summed E-state index contributed by atoms with van der Waals surface area (Å²) in [5.74, 6) is 0.394. The first kappa shape index (κ1) is 19.4. The number of carbonyl (C=O) groups is 3. The molecule has 1 aliphatic heterocycles. The number of urea groups is 1. The van der Waals surface area contributed by atoms with E-state index in [1.54, 1.807) is 24.3 Å². The number of hydrogen-bond acceptors (Lipinski definition) is 4. The van der Waals surface area contributed by atoms with E-state index >= 15 is 0 Å². The minimum Gasteiger partial charge on any atom is -0.461 e. The molecule has 1 aliphatic carbocycles. The summed E-state index contributed by atoms with van der Waals surface area (Å²) in [4.78, 5) is 39.7. The summed E-state index contributed by atoms with van der Waals surface area (Å²) in [7, 11) is 0. The Hall–Kier alpha value is -2.37. The molecule has 6 nitrogen and oxygen atoms in total. The summed E-state index contributed by atoms with van der Waals surface area (Å²) in [5.41, 5.74) is 0.646. The minimum atomic E-state index is -0.503. The Morgan fingerprint density at radius 2 is 1.89 bits per heavy atom. The number of imide groups is 1. The number of nitrogens with zero attached hydrogens (tertiary/aromatic N) is 2. The first-order chi connectivity index (χ1) is 12.9. The van der Waals surface area contributed by atoms with Gasteiger partial charge in [0, 0.05) is 5.69 Å². The molecule has 3 atom stereocenters. The number of anilines is 1. The van der Waals surface area contributed by atoms with Crippen LogP contribution in [-0.2, 0) is 14.3 Å². The highest BCUT2D eigenvalue weighted by Gasteiger charge is 2.39. The van der Waals surface area contributed by atoms with Crippen LogP contribution in [-0.4, -0.2) is 42.0 Å². The van der Waals surface area contributed by atoms with Gasteiger partial charge in [0.15, 0.2) is 0 Å². The maximum absolute atomic E-state index is 12.6. The Morgan fingerprint density at radius 3 is 2.56 bits per heavy atom. The Kier molecular flexibility index (Phi) is 5.82. The quantitative estimate of drug-likeness (QED) is 0.586. The number of hydrogen-bond donors (Lipinski definition) is 0. The third-order valence-electron chi connectivity index (χ3n) is 5.66. The summed E-state index contributed by atoms with van der Waals surface area (Å²) in [6.45, 7) is 6.09. The molecule has 6 heteroatoms. The van der Waals surface area contributed by atoms with E-state index in [-0.39, 0.29) is 25.1 Å². The van der Waals surface area contributed by atoms with Gasteiger partial charge in [0.25, 0.3) is 5.91 Å². The fourth-order valence-corrected chi connectivity index (χ4v) is 4.09. The number of amides is 3. The summed E-state index contributed by atoms with van der Waals surface area (Å²) in [6, 6.07) is 8.52. The Balaban J connectivity index is 1.63. The zero-order valence-corrected chi connectivity index (χ0v) is 16.3. The summed E-state index contributed by atoms with van der Waals surface area (Å²) < 4.78 is 5.73. The zero-order chi connectivity index (χ0) is 19.6. The van der Waals surface area contributed by atoms with Gasteiger partial charge >= 0.3 is 12.0 Å². The molecule has 27 heavy (non-hydrogen) atoms. The van der Waals surface area contributed by atoms with Crippen molar-refractivity contribution >= 4 is 23.6 Å². The van der Waals surface area contributed by atoms with Crippen molar-refractivity contribution in [1.29, 1.82) is 0 Å². The van der Waals surface area contributed by atoms with Crippen molar-refractivity contribution in [2.24, 2.45) is 17.8 Å². The SMILES string of the molecule is CC1CCC(C(C)C)C(OC(=O)CN2C(=O)CN(c3ccccc3)C2=O)C1. The van der Waals surface area contributed by atoms with Crippen LogP contribution in [0.15, 0.2) is 30.3 Å². The molecule has 146 valence electrons. The van der Waals surface area contributed by atoms with E-state index in [4.69, 9.17) is 4.74 Å². The Bertz CT molecular complexity index is 703. The number of ether oxygens (including phenoxy) is 1. The third kappa shape index (κ3) is 4.31. The van der Waals surface area contributed by atoms with E-state index in [1.165, 1.54) is 4.90 Å². The molecule has 3 unspecified atom stereocenters. The molecular formula is C21H28N2O4. The molecule has 2 aliphatic rings. The summed E-state index contributed by atoms with van der Waals surface area (Å²) in [6.07, 6.45) is 2.89. The monoisotopic (exact) mass is 372 g/mol. The van der Waals surface area contributed by atoms with Crippen molar-refractivity contribution in [3.05, 3.63) is 30.3 Å². The van der Waals surface area contributed by atoms with Gasteiger partial charge in [-0.2, -0.15) is 0 Å². The number of para-hydroxylation sites is 1. The van der Waals surface area contributed by atoms with Crippen LogP contribution in [0.3, 0.4) is 0 Å². The van der Waals surface area contributed by atoms with E-state index in [2.05, 4.69) is 20.8 Å². The second kappa shape index (κ2) is 8.11. The molecular weight excluding hydrogens is 344 g/mol. The number of benzene rings is 1. The highest BCUT2D eigenvalue weighted by atomic mass is 16.5. The van der Waals surface area contributed by atoms with Crippen molar-refractivity contribution in [1.82, 2.24) is 4.90 Å². The highest BCUT2D eigenvalue weighted by Crippen LogP contribution is 2.35. The maximum atomic E-state index is 12.6. The largest absolute Gasteiger partial charge is 0.461 e. The van der Waals surface area contributed by atoms with Gasteiger partial charge in [0.1, 0.15) is 19.2 Å². The predicted octanol–water partition coefficient (Wildman–Crippen LogP) is 3.46. The van der Waals surface area contributed by atoms with E-state index in [0.717, 1.165) is 24.2 Å². The van der Waals surface area contributed by atoms with Gasteiger partial charge < -0.3 is 4.74 Å². The molecule has 1 aromatic rings. The van der Waals surface area contributed by atoms with Gasteiger partial charge in [-0.3, -0.25) is 19.4 Å². The van der Waals surface area contributed by atoms with Gasteiger partial charge in [-0.05, 0) is 42.7 Å². The first-order valence-electron chi connectivity index (χ1n) is 9.73. The minimum absolute atomic E-state index is 0.0504. The Morgan fingerprint density at radius 1 is 1.19 bits per heavy atom. The van der Waals surface area contributed by atoms with Crippen molar-refractivity contribution in [3.8, 4) is 0 Å². The van der Waals surface area contributed by atoms with Crippen LogP contribution in [0.25, 0.3) is 0 Å². The third-order valence-corrected chi connectivity index (χ3v) is 5.66. The van der Waals surface area contributed by atoms with Crippen LogP contribution in [0.1, 0.15) is 40.0 Å². The molecule has 0 N–H and O–H groups in total. The lowest BCUT2D eigenvalue weighted by molar-refractivity contribution is -0.158. The molecule has 0 radical (unpaired) electrons. The zero-order valence-electron chi connectivity index (χ0n) is 16.3. The molecule has 3 rings (SSSR count). The lowest BCUT2D eigenvalue weighted by Crippen LogP contribution is -2.41. The van der Waals surface area contributed by atoms with E-state index < -0.39 is 12.0 Å². The van der Waals surface area contributed by atoms with Crippen LogP contribution in [0.5, 0.6) is 0 Å². The van der Waals surface area contributed by atoms with Crippen LogP contribution < -0.4 is 4.90 Å². The fraction of sp³-hybridized carbons (Fsp3) is 0.571. The van der Waals surface area contributed by atoms with Gasteiger partial charge in [-0.15, -0.1) is 0 Å². The topological polar surface area (TPSA) is 66.9 Å². The molecule has 3 amide bonds. The maximum Gasteiger partial charge on any atom is 0.332 e. The molecule has 1 saturated heterocycles. The number of carbonyl (C=O) groups excluding carboxylic acids is 3. The van der Waals surface area contributed by atoms with Crippen LogP contribution >= 0.6 is 0 Å². The Labute approximate surface area is 160 Å².